The molecule has 2 saturated heterocycles. The average Bonchev–Trinajstić information content (AvgIpc) is 3.57. The molecule has 4 unspecified atom stereocenters. The van der Waals surface area contributed by atoms with E-state index in [-0.39, 0.29) is 17.5 Å². The van der Waals surface area contributed by atoms with Crippen LogP contribution in [0.5, 0.6) is 0 Å². The fourth-order valence-electron chi connectivity index (χ4n) is 4.66. The molecular formula is C22H19F3N4O2S. The Morgan fingerprint density at radius 3 is 2.75 bits per heavy atom. The maximum atomic E-state index is 13.3. The number of hydrogen-bond acceptors (Lipinski definition) is 6. The van der Waals surface area contributed by atoms with Gasteiger partial charge in [0.15, 0.2) is 5.54 Å². The molecule has 166 valence electrons. The minimum absolute atomic E-state index is 0.0929. The van der Waals surface area contributed by atoms with Crippen LogP contribution in [0.15, 0.2) is 47.6 Å². The molecule has 2 bridgehead atoms. The van der Waals surface area contributed by atoms with Gasteiger partial charge in [0.05, 0.1) is 6.20 Å². The highest BCUT2D eigenvalue weighted by atomic mass is 32.1. The number of alkyl halides is 3. The number of amides is 1. The van der Waals surface area contributed by atoms with Gasteiger partial charge in [0.25, 0.3) is 11.7 Å². The van der Waals surface area contributed by atoms with Crippen LogP contribution in [0.2, 0.25) is 0 Å². The lowest BCUT2D eigenvalue weighted by molar-refractivity contribution is -0.175. The highest BCUT2D eigenvalue weighted by Crippen LogP contribution is 2.39. The fourth-order valence-corrected chi connectivity index (χ4v) is 5.48. The molecular weight excluding hydrogens is 441 g/mol. The van der Waals surface area contributed by atoms with Crippen LogP contribution in [0, 0.1) is 0 Å². The van der Waals surface area contributed by atoms with E-state index in [1.807, 2.05) is 0 Å². The quantitative estimate of drug-likeness (QED) is 0.717. The molecule has 2 N–H and O–H groups in total. The number of halogens is 3. The van der Waals surface area contributed by atoms with Crippen molar-refractivity contribution in [1.82, 2.24) is 15.6 Å². The predicted octanol–water partition coefficient (Wildman–Crippen LogP) is 3.40. The lowest BCUT2D eigenvalue weighted by atomic mass is 9.85. The number of benzene rings is 1. The lowest BCUT2D eigenvalue weighted by Gasteiger charge is -2.24. The van der Waals surface area contributed by atoms with Gasteiger partial charge in [-0.1, -0.05) is 18.2 Å². The SMILES string of the molecule is O=C(NC1CC2CCC1N2)c1cnc(-c2cccc(C3(C(=O)C(F)(F)F)C=CC=N3)c2)s1. The molecule has 32 heavy (non-hydrogen) atoms. The van der Waals surface area contributed by atoms with Crippen molar-refractivity contribution in [2.45, 2.75) is 49.1 Å². The summed E-state index contributed by atoms with van der Waals surface area (Å²) in [5.41, 5.74) is -1.53. The third kappa shape index (κ3) is 3.57. The van der Waals surface area contributed by atoms with Crippen molar-refractivity contribution < 1.29 is 22.8 Å². The monoisotopic (exact) mass is 460 g/mol. The molecule has 1 aromatic carbocycles. The van der Waals surface area contributed by atoms with Crippen LogP contribution in [-0.2, 0) is 10.3 Å². The molecule has 0 spiro atoms. The van der Waals surface area contributed by atoms with Crippen molar-refractivity contribution >= 4 is 29.2 Å². The second-order valence-corrected chi connectivity index (χ2v) is 9.23. The maximum Gasteiger partial charge on any atom is 0.453 e. The van der Waals surface area contributed by atoms with Gasteiger partial charge < -0.3 is 10.6 Å². The summed E-state index contributed by atoms with van der Waals surface area (Å²) in [7, 11) is 0. The minimum atomic E-state index is -5.04. The highest BCUT2D eigenvalue weighted by molar-refractivity contribution is 7.16. The van der Waals surface area contributed by atoms with Gasteiger partial charge in [0.2, 0.25) is 0 Å². The molecule has 0 radical (unpaired) electrons. The number of allylic oxidation sites excluding steroid dienone is 1. The van der Waals surface area contributed by atoms with E-state index in [4.69, 9.17) is 0 Å². The average molecular weight is 460 g/mol. The third-order valence-electron chi connectivity index (χ3n) is 6.20. The summed E-state index contributed by atoms with van der Waals surface area (Å²) in [5.74, 6) is -2.16. The summed E-state index contributed by atoms with van der Waals surface area (Å²) in [6.45, 7) is 0. The van der Waals surface area contributed by atoms with Crippen molar-refractivity contribution in [3.05, 3.63) is 53.1 Å². The highest BCUT2D eigenvalue weighted by Gasteiger charge is 2.53. The molecule has 0 saturated carbocycles. The number of aromatic nitrogens is 1. The zero-order valence-electron chi connectivity index (χ0n) is 16.7. The minimum Gasteiger partial charge on any atom is -0.347 e. The number of rotatable bonds is 5. The number of fused-ring (bicyclic) bond motifs is 2. The number of Topliss-reactive ketones (excluding diaryl/α,β-unsaturated/α-hetero) is 1. The van der Waals surface area contributed by atoms with Crippen LogP contribution in [0.4, 0.5) is 13.2 Å². The molecule has 5 rings (SSSR count). The molecule has 6 nitrogen and oxygen atoms in total. The number of ketones is 1. The van der Waals surface area contributed by atoms with E-state index < -0.39 is 17.5 Å². The summed E-state index contributed by atoms with van der Waals surface area (Å²) in [5, 5.41) is 7.00. The van der Waals surface area contributed by atoms with Crippen LogP contribution >= 0.6 is 11.3 Å². The molecule has 1 amide bonds. The molecule has 10 heteroatoms. The van der Waals surface area contributed by atoms with Crippen LogP contribution < -0.4 is 10.6 Å². The Balaban J connectivity index is 1.39. The zero-order chi connectivity index (χ0) is 22.5. The first kappa shape index (κ1) is 21.0. The Morgan fingerprint density at radius 2 is 2.09 bits per heavy atom. The van der Waals surface area contributed by atoms with Gasteiger partial charge in [-0.15, -0.1) is 11.3 Å². The topological polar surface area (TPSA) is 83.5 Å². The van der Waals surface area contributed by atoms with E-state index >= 15 is 0 Å². The van der Waals surface area contributed by atoms with Crippen molar-refractivity contribution in [2.24, 2.45) is 4.99 Å². The van der Waals surface area contributed by atoms with E-state index in [0.29, 0.717) is 27.5 Å². The van der Waals surface area contributed by atoms with E-state index in [1.165, 1.54) is 30.6 Å². The van der Waals surface area contributed by atoms with E-state index in [2.05, 4.69) is 20.6 Å². The molecule has 2 fully saturated rings. The summed E-state index contributed by atoms with van der Waals surface area (Å²) in [4.78, 5) is 33.4. The van der Waals surface area contributed by atoms with Gasteiger partial charge in [-0.25, -0.2) is 4.98 Å². The smallest absolute Gasteiger partial charge is 0.347 e. The Bertz CT molecular complexity index is 1130. The van der Waals surface area contributed by atoms with E-state index in [9.17, 15) is 22.8 Å². The zero-order valence-corrected chi connectivity index (χ0v) is 17.5. The number of thiazole rings is 1. The van der Waals surface area contributed by atoms with Gasteiger partial charge in [-0.05, 0) is 43.0 Å². The molecule has 0 aliphatic carbocycles. The first-order valence-corrected chi connectivity index (χ1v) is 11.1. The Kier molecular flexibility index (Phi) is 5.01. The second kappa shape index (κ2) is 7.63. The standard InChI is InChI=1S/C22H19F3N4O2S/c23-22(24,25)20(31)21(7-2-8-27-21)13-4-1-3-12(9-13)19-26-11-17(32-19)18(30)29-16-10-14-5-6-15(16)28-14/h1-4,7-9,11,14-16,28H,5-6,10H2,(H,29,30). The van der Waals surface area contributed by atoms with Crippen LogP contribution in [-0.4, -0.2) is 47.2 Å². The Labute approximate surface area is 185 Å². The lowest BCUT2D eigenvalue weighted by Crippen LogP contribution is -2.42. The van der Waals surface area contributed by atoms with Crippen LogP contribution in [0.25, 0.3) is 10.6 Å². The number of aliphatic imine (C=N–C) groups is 1. The van der Waals surface area contributed by atoms with Gasteiger partial charge >= 0.3 is 6.18 Å². The largest absolute Gasteiger partial charge is 0.453 e. The summed E-state index contributed by atoms with van der Waals surface area (Å²) in [6, 6.07) is 6.99. The summed E-state index contributed by atoms with van der Waals surface area (Å²) < 4.78 is 39.8. The number of hydrogen-bond donors (Lipinski definition) is 2. The molecule has 2 aromatic rings. The summed E-state index contributed by atoms with van der Waals surface area (Å²) in [6.07, 6.45) is 3.18. The Morgan fingerprint density at radius 1 is 1.25 bits per heavy atom. The first-order chi connectivity index (χ1) is 15.3. The number of carbonyl (C=O) groups is 2. The molecule has 3 aliphatic heterocycles. The van der Waals surface area contributed by atoms with Gasteiger partial charge in [-0.2, -0.15) is 13.2 Å². The van der Waals surface area contributed by atoms with Crippen molar-refractivity contribution in [2.75, 3.05) is 0 Å². The number of nitrogens with one attached hydrogen (secondary N) is 2. The van der Waals surface area contributed by atoms with Gasteiger partial charge in [-0.3, -0.25) is 14.6 Å². The van der Waals surface area contributed by atoms with Crippen LogP contribution in [0.3, 0.4) is 0 Å². The van der Waals surface area contributed by atoms with Crippen molar-refractivity contribution in [3.63, 3.8) is 0 Å². The van der Waals surface area contributed by atoms with Crippen molar-refractivity contribution in [3.8, 4) is 10.6 Å². The fraction of sp³-hybridized carbons (Fsp3) is 0.364. The maximum absolute atomic E-state index is 13.3. The molecule has 4 heterocycles. The van der Waals surface area contributed by atoms with Gasteiger partial charge in [0, 0.05) is 29.9 Å². The molecule has 1 aromatic heterocycles. The van der Waals surface area contributed by atoms with Crippen molar-refractivity contribution in [1.29, 1.82) is 0 Å². The van der Waals surface area contributed by atoms with E-state index in [1.54, 1.807) is 12.1 Å². The predicted molar refractivity (Wildman–Crippen MR) is 114 cm³/mol. The molecule has 3 aliphatic rings. The molecule has 4 atom stereocenters. The third-order valence-corrected chi connectivity index (χ3v) is 7.25. The van der Waals surface area contributed by atoms with E-state index in [0.717, 1.165) is 36.7 Å². The first-order valence-electron chi connectivity index (χ1n) is 10.2. The second-order valence-electron chi connectivity index (χ2n) is 8.20. The summed E-state index contributed by atoms with van der Waals surface area (Å²) >= 11 is 1.15. The number of nitrogens with zero attached hydrogens (tertiary/aromatic N) is 2. The number of carbonyl (C=O) groups excluding carboxylic acids is 2. The normalized spacial score (nSPS) is 28.4. The van der Waals surface area contributed by atoms with Crippen LogP contribution in [0.1, 0.15) is 34.5 Å². The van der Waals surface area contributed by atoms with Gasteiger partial charge in [0.1, 0.15) is 9.88 Å². The Hall–Kier alpha value is -2.85.